The van der Waals surface area contributed by atoms with Crippen LogP contribution in [0.3, 0.4) is 0 Å². The molecule has 136 valence electrons. The second kappa shape index (κ2) is 17.6. The van der Waals surface area contributed by atoms with Gasteiger partial charge in [-0.05, 0) is 15.7 Å². The van der Waals surface area contributed by atoms with Crippen LogP contribution in [0.15, 0.2) is 0 Å². The second-order valence-corrected chi connectivity index (χ2v) is 5.06. The number of hydrogen-bond donors (Lipinski definition) is 2. The number of ether oxygens (including phenoxy) is 4. The summed E-state index contributed by atoms with van der Waals surface area (Å²) in [5.41, 5.74) is -0.146. The molecule has 0 aliphatic carbocycles. The molecule has 8 nitrogen and oxygen atoms in total. The summed E-state index contributed by atoms with van der Waals surface area (Å²) in [4.78, 5) is 21.8. The normalized spacial score (nSPS) is 10.5. The van der Waals surface area contributed by atoms with Gasteiger partial charge in [-0.2, -0.15) is 0 Å². The predicted molar refractivity (Wildman–Crippen MR) is 89.7 cm³/mol. The molecule has 0 aromatic rings. The Balaban J connectivity index is 3.08. The molecule has 2 amide bonds. The van der Waals surface area contributed by atoms with E-state index in [2.05, 4.69) is 10.6 Å². The molecule has 0 spiro atoms. The highest BCUT2D eigenvalue weighted by Crippen LogP contribution is 1.84. The molecule has 0 radical (unpaired) electrons. The quantitative estimate of drug-likeness (QED) is 0.304. The Bertz CT molecular complexity index is 307. The fourth-order valence-corrected chi connectivity index (χ4v) is 1.53. The van der Waals surface area contributed by atoms with E-state index in [1.807, 2.05) is 16.2 Å². The fourth-order valence-electron chi connectivity index (χ4n) is 1.39. The zero-order chi connectivity index (χ0) is 17.2. The Kier molecular flexibility index (Phi) is 17.0. The summed E-state index contributed by atoms with van der Waals surface area (Å²) in [5.74, 6) is -0.104. The van der Waals surface area contributed by atoms with Gasteiger partial charge in [0.15, 0.2) is 0 Å². The van der Waals surface area contributed by atoms with Gasteiger partial charge < -0.3 is 29.6 Å². The summed E-state index contributed by atoms with van der Waals surface area (Å²) in [5, 5.41) is 5.32. The lowest BCUT2D eigenvalue weighted by Gasteiger charge is -2.08. The molecule has 1 unspecified atom stereocenters. The summed E-state index contributed by atoms with van der Waals surface area (Å²) in [7, 11) is 2.04. The van der Waals surface area contributed by atoms with E-state index in [1.165, 1.54) is 0 Å². The summed E-state index contributed by atoms with van der Waals surface area (Å²) in [6, 6.07) is 0. The maximum atomic E-state index is 11.2. The Hall–Kier alpha value is -0.790. The van der Waals surface area contributed by atoms with Crippen molar-refractivity contribution < 1.29 is 28.5 Å². The van der Waals surface area contributed by atoms with Gasteiger partial charge in [0.25, 0.3) is 0 Å². The van der Waals surface area contributed by atoms with Crippen LogP contribution in [0, 0.1) is 0 Å². The minimum absolute atomic E-state index is 0.0639. The van der Waals surface area contributed by atoms with Crippen molar-refractivity contribution >= 4 is 20.8 Å². The Morgan fingerprint density at radius 3 is 1.83 bits per heavy atom. The molecule has 0 heterocycles. The van der Waals surface area contributed by atoms with Crippen LogP contribution in [0.2, 0.25) is 0 Å². The number of carbonyl (C=O) groups excluding carboxylic acids is 2. The lowest BCUT2D eigenvalue weighted by molar-refractivity contribution is -0.126. The average molecular weight is 352 g/mol. The minimum atomic E-state index is -0.146. The van der Waals surface area contributed by atoms with E-state index in [4.69, 9.17) is 18.9 Å². The molecule has 0 aromatic heterocycles. The first kappa shape index (κ1) is 22.2. The molecule has 0 rings (SSSR count). The zero-order valence-electron chi connectivity index (χ0n) is 13.8. The van der Waals surface area contributed by atoms with Crippen LogP contribution in [0.25, 0.3) is 0 Å². The first-order chi connectivity index (χ1) is 11.2. The van der Waals surface area contributed by atoms with Crippen LogP contribution >= 0.6 is 9.24 Å². The van der Waals surface area contributed by atoms with Crippen molar-refractivity contribution in [3.05, 3.63) is 0 Å². The summed E-state index contributed by atoms with van der Waals surface area (Å²) < 4.78 is 21.0. The van der Waals surface area contributed by atoms with Crippen LogP contribution in [-0.4, -0.2) is 77.5 Å². The third-order valence-corrected chi connectivity index (χ3v) is 2.67. The molecule has 23 heavy (non-hydrogen) atoms. The van der Waals surface area contributed by atoms with Crippen molar-refractivity contribution in [2.24, 2.45) is 0 Å². The molecular weight excluding hydrogens is 323 g/mol. The van der Waals surface area contributed by atoms with Gasteiger partial charge in [-0.1, -0.05) is 6.92 Å². The molecule has 0 bridgehead atoms. The number of hydrogen-bond acceptors (Lipinski definition) is 6. The minimum Gasteiger partial charge on any atom is -0.377 e. The van der Waals surface area contributed by atoms with E-state index in [0.29, 0.717) is 59.3 Å². The van der Waals surface area contributed by atoms with Crippen LogP contribution in [0.1, 0.15) is 13.3 Å². The maximum absolute atomic E-state index is 11.2. The average Bonchev–Trinajstić information content (AvgIpc) is 2.52. The lowest BCUT2D eigenvalue weighted by Crippen LogP contribution is -2.28. The predicted octanol–water partition coefficient (Wildman–Crippen LogP) is 0.164. The van der Waals surface area contributed by atoms with Crippen molar-refractivity contribution in [3.63, 3.8) is 0 Å². The highest BCUT2D eigenvalue weighted by atomic mass is 31.0. The Morgan fingerprint density at radius 1 is 0.783 bits per heavy atom. The number of amides is 2. The molecule has 2 N–H and O–H groups in total. The number of carbonyl (C=O) groups is 2. The standard InChI is InChI=1S/C14H29N2O6P/c1-2-3-15-13(17)12-22-11-10-21-9-8-20-7-6-19-5-4-16-14(18)23/h2-12,23H2,1H3,(H,15,17)(H,16,18). The summed E-state index contributed by atoms with van der Waals surface area (Å²) >= 11 is 0. The molecular formula is C14H29N2O6P. The third-order valence-electron chi connectivity index (χ3n) is 2.47. The molecule has 0 aliphatic heterocycles. The number of rotatable bonds is 16. The number of nitrogens with one attached hydrogen (secondary N) is 2. The first-order valence-corrected chi connectivity index (χ1v) is 8.35. The lowest BCUT2D eigenvalue weighted by atomic mass is 10.5. The van der Waals surface area contributed by atoms with Crippen molar-refractivity contribution in [3.8, 4) is 0 Å². The Labute approximate surface area is 140 Å². The summed E-state index contributed by atoms with van der Waals surface area (Å²) in [6.45, 7) is 6.38. The fraction of sp³-hybridized carbons (Fsp3) is 0.857. The van der Waals surface area contributed by atoms with Crippen LogP contribution in [-0.2, 0) is 23.7 Å². The molecule has 0 saturated carbocycles. The highest BCUT2D eigenvalue weighted by molar-refractivity contribution is 7.39. The van der Waals surface area contributed by atoms with Gasteiger partial charge >= 0.3 is 0 Å². The summed E-state index contributed by atoms with van der Waals surface area (Å²) in [6.07, 6.45) is 0.911. The SMILES string of the molecule is CCCNC(=O)COCCOCCOCCOCCNC(=O)P. The molecule has 0 aliphatic rings. The van der Waals surface area contributed by atoms with Gasteiger partial charge in [0, 0.05) is 13.1 Å². The van der Waals surface area contributed by atoms with E-state index < -0.39 is 0 Å². The molecule has 1 atom stereocenters. The monoisotopic (exact) mass is 352 g/mol. The van der Waals surface area contributed by atoms with Gasteiger partial charge in [0.05, 0.1) is 46.2 Å². The highest BCUT2D eigenvalue weighted by Gasteiger charge is 1.99. The van der Waals surface area contributed by atoms with E-state index in [1.54, 1.807) is 0 Å². The van der Waals surface area contributed by atoms with E-state index in [0.717, 1.165) is 6.42 Å². The molecule has 0 aromatic carbocycles. The van der Waals surface area contributed by atoms with E-state index in [-0.39, 0.29) is 18.2 Å². The van der Waals surface area contributed by atoms with Gasteiger partial charge in [-0.3, -0.25) is 9.59 Å². The van der Waals surface area contributed by atoms with Gasteiger partial charge in [-0.25, -0.2) is 0 Å². The van der Waals surface area contributed by atoms with E-state index in [9.17, 15) is 9.59 Å². The van der Waals surface area contributed by atoms with Gasteiger partial charge in [0.2, 0.25) is 11.6 Å². The molecule has 0 saturated heterocycles. The zero-order valence-corrected chi connectivity index (χ0v) is 15.0. The van der Waals surface area contributed by atoms with Gasteiger partial charge in [-0.15, -0.1) is 0 Å². The van der Waals surface area contributed by atoms with Gasteiger partial charge in [0.1, 0.15) is 6.61 Å². The second-order valence-electron chi connectivity index (χ2n) is 4.53. The van der Waals surface area contributed by atoms with E-state index >= 15 is 0 Å². The molecule has 0 fully saturated rings. The Morgan fingerprint density at radius 2 is 1.30 bits per heavy atom. The molecule has 9 heteroatoms. The van der Waals surface area contributed by atoms with Crippen molar-refractivity contribution in [1.29, 1.82) is 0 Å². The van der Waals surface area contributed by atoms with Crippen molar-refractivity contribution in [2.45, 2.75) is 13.3 Å². The smallest absolute Gasteiger partial charge is 0.245 e. The van der Waals surface area contributed by atoms with Crippen LogP contribution in [0.4, 0.5) is 4.79 Å². The van der Waals surface area contributed by atoms with Crippen molar-refractivity contribution in [1.82, 2.24) is 10.6 Å². The maximum Gasteiger partial charge on any atom is 0.245 e. The topological polar surface area (TPSA) is 95.1 Å². The largest absolute Gasteiger partial charge is 0.377 e. The van der Waals surface area contributed by atoms with Crippen LogP contribution in [0.5, 0.6) is 0 Å². The van der Waals surface area contributed by atoms with Crippen LogP contribution < -0.4 is 10.6 Å². The third kappa shape index (κ3) is 19.2. The first-order valence-electron chi connectivity index (χ1n) is 7.77. The van der Waals surface area contributed by atoms with Crippen molar-refractivity contribution in [2.75, 3.05) is 65.9 Å².